The summed E-state index contributed by atoms with van der Waals surface area (Å²) in [6, 6.07) is 10.9. The maximum absolute atomic E-state index is 12.0. The third kappa shape index (κ3) is 3.02. The van der Waals surface area contributed by atoms with Crippen LogP contribution in [0.2, 0.25) is 0 Å². The zero-order valence-corrected chi connectivity index (χ0v) is 12.7. The average Bonchev–Trinajstić information content (AvgIpc) is 3.13. The molecular formula is C14H9N3O3S2. The van der Waals surface area contributed by atoms with Crippen LogP contribution in [0, 0.1) is 10.1 Å². The second-order valence-corrected chi connectivity index (χ2v) is 6.30. The van der Waals surface area contributed by atoms with E-state index in [-0.39, 0.29) is 10.9 Å². The molecule has 22 heavy (non-hydrogen) atoms. The Morgan fingerprint density at radius 3 is 2.86 bits per heavy atom. The highest BCUT2D eigenvalue weighted by atomic mass is 32.1. The summed E-state index contributed by atoms with van der Waals surface area (Å²) in [4.78, 5) is 22.7. The Hall–Kier alpha value is -2.58. The molecule has 0 saturated heterocycles. The quantitative estimate of drug-likeness (QED) is 0.450. The van der Waals surface area contributed by atoms with Gasteiger partial charge in [-0.15, -0.1) is 11.3 Å². The lowest BCUT2D eigenvalue weighted by atomic mass is 10.2. The van der Waals surface area contributed by atoms with Crippen LogP contribution in [0.4, 0.5) is 5.00 Å². The molecule has 0 atom stereocenters. The van der Waals surface area contributed by atoms with Crippen molar-refractivity contribution in [1.82, 2.24) is 5.43 Å². The van der Waals surface area contributed by atoms with Crippen LogP contribution < -0.4 is 5.43 Å². The van der Waals surface area contributed by atoms with Crippen molar-refractivity contribution >= 4 is 49.9 Å². The Kier molecular flexibility index (Phi) is 3.94. The van der Waals surface area contributed by atoms with Crippen LogP contribution in [0.15, 0.2) is 46.9 Å². The standard InChI is InChI=1S/C14H9N3O3S2/c18-14(12-6-10-3-1-2-4-11(10)22-12)16-15-7-9-5-13(17(19)20)21-8-9/h1-8H,(H,16,18). The van der Waals surface area contributed by atoms with Gasteiger partial charge in [0.25, 0.3) is 5.91 Å². The van der Waals surface area contributed by atoms with Gasteiger partial charge in [0.1, 0.15) is 0 Å². The molecule has 0 bridgehead atoms. The van der Waals surface area contributed by atoms with E-state index in [1.807, 2.05) is 24.3 Å². The van der Waals surface area contributed by atoms with E-state index in [2.05, 4.69) is 10.5 Å². The van der Waals surface area contributed by atoms with Gasteiger partial charge < -0.3 is 0 Å². The van der Waals surface area contributed by atoms with Crippen LogP contribution in [0.1, 0.15) is 15.2 Å². The molecule has 0 aliphatic rings. The van der Waals surface area contributed by atoms with Gasteiger partial charge in [-0.05, 0) is 17.5 Å². The zero-order chi connectivity index (χ0) is 15.5. The molecular weight excluding hydrogens is 322 g/mol. The van der Waals surface area contributed by atoms with E-state index in [4.69, 9.17) is 0 Å². The SMILES string of the molecule is O=C(NN=Cc1csc([N+](=O)[O-])c1)c1cc2ccccc2s1. The molecule has 6 nitrogen and oxygen atoms in total. The molecule has 8 heteroatoms. The highest BCUT2D eigenvalue weighted by Crippen LogP contribution is 2.25. The third-order valence-corrected chi connectivity index (χ3v) is 4.83. The first-order chi connectivity index (χ1) is 10.6. The summed E-state index contributed by atoms with van der Waals surface area (Å²) in [6.07, 6.45) is 1.38. The van der Waals surface area contributed by atoms with Gasteiger partial charge in [-0.25, -0.2) is 5.43 Å². The lowest BCUT2D eigenvalue weighted by Gasteiger charge is -1.94. The number of fused-ring (bicyclic) bond motifs is 1. The second kappa shape index (κ2) is 6.04. The third-order valence-electron chi connectivity index (χ3n) is 2.81. The minimum Gasteiger partial charge on any atom is -0.266 e. The number of rotatable bonds is 4. The van der Waals surface area contributed by atoms with Crippen LogP contribution in [0.25, 0.3) is 10.1 Å². The monoisotopic (exact) mass is 331 g/mol. The summed E-state index contributed by atoms with van der Waals surface area (Å²) in [5, 5.41) is 17.0. The van der Waals surface area contributed by atoms with Gasteiger partial charge in [-0.2, -0.15) is 5.10 Å². The maximum atomic E-state index is 12.0. The summed E-state index contributed by atoms with van der Waals surface area (Å²) >= 11 is 2.40. The summed E-state index contributed by atoms with van der Waals surface area (Å²) < 4.78 is 1.03. The number of nitro groups is 1. The van der Waals surface area contributed by atoms with Gasteiger partial charge in [-0.1, -0.05) is 29.5 Å². The van der Waals surface area contributed by atoms with Crippen molar-refractivity contribution in [3.8, 4) is 0 Å². The Labute approximate surface area is 132 Å². The molecule has 3 aromatic rings. The van der Waals surface area contributed by atoms with Gasteiger partial charge in [0.15, 0.2) is 0 Å². The van der Waals surface area contributed by atoms with Crippen molar-refractivity contribution < 1.29 is 9.72 Å². The predicted octanol–water partition coefficient (Wildman–Crippen LogP) is 3.63. The lowest BCUT2D eigenvalue weighted by molar-refractivity contribution is -0.380. The molecule has 2 aromatic heterocycles. The van der Waals surface area contributed by atoms with Crippen LogP contribution >= 0.6 is 22.7 Å². The molecule has 0 aliphatic carbocycles. The number of thiophene rings is 2. The average molecular weight is 331 g/mol. The fraction of sp³-hybridized carbons (Fsp3) is 0. The van der Waals surface area contributed by atoms with Gasteiger partial charge in [0.2, 0.25) is 0 Å². The molecule has 0 fully saturated rings. The van der Waals surface area contributed by atoms with Crippen molar-refractivity contribution in [2.24, 2.45) is 5.10 Å². The van der Waals surface area contributed by atoms with Crippen molar-refractivity contribution in [1.29, 1.82) is 0 Å². The van der Waals surface area contributed by atoms with E-state index in [1.165, 1.54) is 23.6 Å². The van der Waals surface area contributed by atoms with E-state index in [0.717, 1.165) is 21.4 Å². The van der Waals surface area contributed by atoms with Crippen molar-refractivity contribution in [3.05, 3.63) is 62.3 Å². The van der Waals surface area contributed by atoms with Crippen molar-refractivity contribution in [2.45, 2.75) is 0 Å². The molecule has 1 amide bonds. The molecule has 0 unspecified atom stereocenters. The number of hydrogen-bond donors (Lipinski definition) is 1. The first kappa shape index (κ1) is 14.4. The lowest BCUT2D eigenvalue weighted by Crippen LogP contribution is -2.15. The fourth-order valence-electron chi connectivity index (χ4n) is 1.82. The van der Waals surface area contributed by atoms with Crippen LogP contribution in [-0.4, -0.2) is 17.0 Å². The van der Waals surface area contributed by atoms with E-state index >= 15 is 0 Å². The Morgan fingerprint density at radius 1 is 1.32 bits per heavy atom. The Morgan fingerprint density at radius 2 is 2.14 bits per heavy atom. The Balaban J connectivity index is 1.68. The number of nitrogens with zero attached hydrogens (tertiary/aromatic N) is 2. The molecule has 0 radical (unpaired) electrons. The van der Waals surface area contributed by atoms with Crippen molar-refractivity contribution in [3.63, 3.8) is 0 Å². The van der Waals surface area contributed by atoms with E-state index in [1.54, 1.807) is 11.4 Å². The number of hydrogen-bond acceptors (Lipinski definition) is 6. The van der Waals surface area contributed by atoms with Gasteiger partial charge >= 0.3 is 5.00 Å². The zero-order valence-electron chi connectivity index (χ0n) is 11.1. The number of carbonyl (C=O) groups is 1. The molecule has 0 aliphatic heterocycles. The fourth-order valence-corrected chi connectivity index (χ4v) is 3.45. The smallest absolute Gasteiger partial charge is 0.266 e. The van der Waals surface area contributed by atoms with Gasteiger partial charge in [0.05, 0.1) is 16.0 Å². The number of benzene rings is 1. The number of amides is 1. The normalized spacial score (nSPS) is 11.1. The molecule has 0 saturated carbocycles. The minimum atomic E-state index is -0.461. The van der Waals surface area contributed by atoms with Crippen LogP contribution in [0.3, 0.4) is 0 Å². The second-order valence-electron chi connectivity index (χ2n) is 4.32. The van der Waals surface area contributed by atoms with E-state index in [0.29, 0.717) is 10.4 Å². The number of carbonyl (C=O) groups excluding carboxylic acids is 1. The predicted molar refractivity (Wildman–Crippen MR) is 87.9 cm³/mol. The molecule has 2 heterocycles. The highest BCUT2D eigenvalue weighted by molar-refractivity contribution is 7.20. The van der Waals surface area contributed by atoms with Gasteiger partial charge in [-0.3, -0.25) is 14.9 Å². The molecule has 1 N–H and O–H groups in total. The van der Waals surface area contributed by atoms with Crippen LogP contribution in [-0.2, 0) is 0 Å². The molecule has 3 rings (SSSR count). The van der Waals surface area contributed by atoms with Crippen LogP contribution in [0.5, 0.6) is 0 Å². The Bertz CT molecular complexity index is 849. The number of hydrazone groups is 1. The first-order valence-electron chi connectivity index (χ1n) is 6.18. The van der Waals surface area contributed by atoms with Crippen molar-refractivity contribution in [2.75, 3.05) is 0 Å². The largest absolute Gasteiger partial charge is 0.324 e. The summed E-state index contributed by atoms with van der Waals surface area (Å²) in [6.45, 7) is 0. The summed E-state index contributed by atoms with van der Waals surface area (Å²) in [5.74, 6) is -0.304. The van der Waals surface area contributed by atoms with E-state index in [9.17, 15) is 14.9 Å². The summed E-state index contributed by atoms with van der Waals surface area (Å²) in [5.41, 5.74) is 3.00. The summed E-state index contributed by atoms with van der Waals surface area (Å²) in [7, 11) is 0. The number of nitrogens with one attached hydrogen (secondary N) is 1. The highest BCUT2D eigenvalue weighted by Gasteiger charge is 2.10. The molecule has 0 spiro atoms. The maximum Gasteiger partial charge on any atom is 0.324 e. The van der Waals surface area contributed by atoms with E-state index < -0.39 is 4.92 Å². The first-order valence-corrected chi connectivity index (χ1v) is 7.88. The topological polar surface area (TPSA) is 84.6 Å². The van der Waals surface area contributed by atoms with Gasteiger partial charge in [0, 0.05) is 21.7 Å². The minimum absolute atomic E-state index is 0.0392. The molecule has 1 aromatic carbocycles. The molecule has 110 valence electrons.